The van der Waals surface area contributed by atoms with Crippen LogP contribution in [-0.4, -0.2) is 0 Å². The Morgan fingerprint density at radius 3 is 1.08 bits per heavy atom. The fourth-order valence-electron chi connectivity index (χ4n) is 18.9. The van der Waals surface area contributed by atoms with Gasteiger partial charge in [-0.15, -0.1) is 0 Å². The molecule has 0 aliphatic rings. The average Bonchev–Trinajstić information content (AvgIpc) is 1.56. The van der Waals surface area contributed by atoms with Crippen molar-refractivity contribution in [3.05, 3.63) is 413 Å². The van der Waals surface area contributed by atoms with Crippen LogP contribution in [0.25, 0.3) is 207 Å². The lowest BCUT2D eigenvalue weighted by Gasteiger charge is -2.28. The van der Waals surface area contributed by atoms with Crippen LogP contribution in [0, 0.1) is 0 Å². The second-order valence-electron chi connectivity index (χ2n) is 31.0. The minimum Gasteiger partial charge on any atom is -0.455 e. The van der Waals surface area contributed by atoms with Crippen molar-refractivity contribution in [1.82, 2.24) is 0 Å². The summed E-state index contributed by atoms with van der Waals surface area (Å²) in [5, 5.41) is 28.1. The third-order valence-electron chi connectivity index (χ3n) is 24.5. The molecular weight excluding hydrogens is 1410 g/mol. The molecule has 0 spiro atoms. The summed E-state index contributed by atoms with van der Waals surface area (Å²) in [6.45, 7) is 0. The normalized spacial score (nSPS) is 12.0. The molecule has 0 saturated heterocycles. The highest BCUT2D eigenvalue weighted by molar-refractivity contribution is 6.22. The number of anilines is 6. The van der Waals surface area contributed by atoms with Gasteiger partial charge >= 0.3 is 0 Å². The minimum atomic E-state index is 0.840. The first-order chi connectivity index (χ1) is 57.5. The first-order valence-electron chi connectivity index (χ1n) is 39.9. The highest BCUT2D eigenvalue weighted by Gasteiger charge is 2.25. The van der Waals surface area contributed by atoms with Crippen LogP contribution in [0.4, 0.5) is 34.1 Å². The van der Waals surface area contributed by atoms with E-state index in [-0.39, 0.29) is 0 Å². The van der Waals surface area contributed by atoms with Crippen molar-refractivity contribution in [3.63, 3.8) is 0 Å². The molecule has 0 bridgehead atoms. The molecule has 24 aromatic rings. The van der Waals surface area contributed by atoms with E-state index in [4.69, 9.17) is 8.83 Å². The zero-order chi connectivity index (χ0) is 76.1. The predicted octanol–water partition coefficient (Wildman–Crippen LogP) is 32.3. The largest absolute Gasteiger partial charge is 0.455 e. The molecule has 0 aliphatic heterocycles. The van der Waals surface area contributed by atoms with Crippen molar-refractivity contribution in [2.45, 2.75) is 0 Å². The van der Waals surface area contributed by atoms with Gasteiger partial charge in [0.1, 0.15) is 22.3 Å². The van der Waals surface area contributed by atoms with E-state index in [0.29, 0.717) is 0 Å². The molecule has 0 saturated carbocycles. The maximum Gasteiger partial charge on any atom is 0.143 e. The summed E-state index contributed by atoms with van der Waals surface area (Å²) in [4.78, 5) is 4.88. The fourth-order valence-corrected chi connectivity index (χ4v) is 18.9. The number of nitrogens with zero attached hydrogens (tertiary/aromatic N) is 2. The lowest BCUT2D eigenvalue weighted by molar-refractivity contribution is 0.672. The molecular formula is C112H68N2O2. The number of rotatable bonds is 11. The molecule has 0 N–H and O–H groups in total. The molecule has 538 valence electrons. The fraction of sp³-hybridized carbons (Fsp3) is 0. The Hall–Kier alpha value is -15.4. The molecule has 116 heavy (non-hydrogen) atoms. The van der Waals surface area contributed by atoms with Gasteiger partial charge in [0, 0.05) is 65.8 Å². The van der Waals surface area contributed by atoms with E-state index >= 15 is 0 Å². The second kappa shape index (κ2) is 26.1. The Labute approximate surface area is 668 Å². The standard InChI is InChI=1S/C112H68N2O2/c1-2-18-71(19-3-1)89-54-56-107(98-32-16-14-28-93(89)98)113(84-49-45-76-61-82(43-42-78(76)63-84)102-65-80-21-5-7-23-87(80)91-26-10-12-30-95(91)102)86-51-59-110-106(68-86)101-53-47-73-38-39-79(64-103(73)112(101)116-110)70-36-34-69(35-37-70)74-40-41-77-62-83(48-44-75(77)60-74)114(85-50-58-109-105(67-85)100-52-46-72-20-4-9-25-90(72)111(100)115-109)108-57-55-97(94-29-15-17-33-99(94)108)104-66-81-22-6-8-24-88(81)92-27-11-13-31-96(92)104/h1-68H. The lowest BCUT2D eigenvalue weighted by atomic mass is 9.90. The molecule has 0 amide bonds. The number of fused-ring (bicyclic) bond motifs is 20. The van der Waals surface area contributed by atoms with Crippen molar-refractivity contribution in [3.8, 4) is 55.6 Å². The highest BCUT2D eigenvalue weighted by Crippen LogP contribution is 2.50. The molecule has 0 radical (unpaired) electrons. The molecule has 2 aromatic heterocycles. The summed E-state index contributed by atoms with van der Waals surface area (Å²) >= 11 is 0. The van der Waals surface area contributed by atoms with E-state index in [1.54, 1.807) is 0 Å². The zero-order valence-electron chi connectivity index (χ0n) is 63.0. The summed E-state index contributed by atoms with van der Waals surface area (Å²) in [7, 11) is 0. The molecule has 0 aliphatic carbocycles. The van der Waals surface area contributed by atoms with Gasteiger partial charge in [-0.1, -0.05) is 297 Å². The summed E-state index contributed by atoms with van der Waals surface area (Å²) in [5.74, 6) is 0. The smallest absolute Gasteiger partial charge is 0.143 e. The topological polar surface area (TPSA) is 32.8 Å². The molecule has 4 heteroatoms. The van der Waals surface area contributed by atoms with Gasteiger partial charge in [0.25, 0.3) is 0 Å². The van der Waals surface area contributed by atoms with Gasteiger partial charge in [-0.25, -0.2) is 0 Å². The zero-order valence-corrected chi connectivity index (χ0v) is 63.0. The van der Waals surface area contributed by atoms with Crippen molar-refractivity contribution in [2.24, 2.45) is 0 Å². The molecule has 2 heterocycles. The van der Waals surface area contributed by atoms with Gasteiger partial charge in [-0.3, -0.25) is 0 Å². The summed E-state index contributed by atoms with van der Waals surface area (Å²) in [6.07, 6.45) is 0. The molecule has 0 fully saturated rings. The van der Waals surface area contributed by atoms with Crippen LogP contribution >= 0.6 is 0 Å². The molecule has 22 aromatic carbocycles. The highest BCUT2D eigenvalue weighted by atomic mass is 16.3. The predicted molar refractivity (Wildman–Crippen MR) is 493 cm³/mol. The van der Waals surface area contributed by atoms with E-state index in [0.717, 1.165) is 149 Å². The van der Waals surface area contributed by atoms with Crippen LogP contribution in [0.15, 0.2) is 421 Å². The Morgan fingerprint density at radius 2 is 0.509 bits per heavy atom. The van der Waals surface area contributed by atoms with Crippen LogP contribution in [-0.2, 0) is 0 Å². The van der Waals surface area contributed by atoms with Gasteiger partial charge in [-0.05, 0) is 257 Å². The van der Waals surface area contributed by atoms with Crippen molar-refractivity contribution in [1.29, 1.82) is 0 Å². The third-order valence-corrected chi connectivity index (χ3v) is 24.5. The molecule has 0 atom stereocenters. The van der Waals surface area contributed by atoms with Crippen LogP contribution in [0.1, 0.15) is 0 Å². The minimum absolute atomic E-state index is 0.840. The Balaban J connectivity index is 0.574. The molecule has 24 rings (SSSR count). The van der Waals surface area contributed by atoms with Crippen LogP contribution in [0.5, 0.6) is 0 Å². The van der Waals surface area contributed by atoms with Gasteiger partial charge < -0.3 is 18.6 Å². The average molecular weight is 1470 g/mol. The first kappa shape index (κ1) is 65.4. The number of benzene rings is 22. The van der Waals surface area contributed by atoms with Crippen molar-refractivity contribution >= 4 is 186 Å². The van der Waals surface area contributed by atoms with Crippen molar-refractivity contribution in [2.75, 3.05) is 9.80 Å². The number of furan rings is 2. The summed E-state index contributed by atoms with van der Waals surface area (Å²) in [5.41, 5.74) is 21.6. The van der Waals surface area contributed by atoms with Gasteiger partial charge in [0.05, 0.1) is 11.4 Å². The molecule has 0 unspecified atom stereocenters. The maximum atomic E-state index is 7.04. The van der Waals surface area contributed by atoms with Crippen molar-refractivity contribution < 1.29 is 8.83 Å². The summed E-state index contributed by atoms with van der Waals surface area (Å²) < 4.78 is 13.8. The van der Waals surface area contributed by atoms with E-state index in [1.807, 2.05) is 0 Å². The monoisotopic (exact) mass is 1470 g/mol. The van der Waals surface area contributed by atoms with Gasteiger partial charge in [0.15, 0.2) is 0 Å². The summed E-state index contributed by atoms with van der Waals surface area (Å²) in [6, 6.07) is 152. The van der Waals surface area contributed by atoms with Gasteiger partial charge in [0.2, 0.25) is 0 Å². The van der Waals surface area contributed by atoms with E-state index in [9.17, 15) is 0 Å². The SMILES string of the molecule is c1ccc(-c2ccc(N(c3ccc4cc(-c5cc6ccccc6c6ccccc56)ccc4c3)c3ccc4oc5c6cc(-c7ccc(-c8ccc9cc(N(c%10ccc%11oc%12c%13ccccc%13ccc%12c%11c%10)c%10ccc(-c%11cc%12ccccc%12c%12ccccc%11%12)c%11ccccc%10%11)ccc9c8)cc7)ccc6ccc5c4c3)c3ccccc23)cc1. The van der Waals surface area contributed by atoms with Gasteiger partial charge in [-0.2, -0.15) is 0 Å². The second-order valence-corrected chi connectivity index (χ2v) is 31.0. The third kappa shape index (κ3) is 10.5. The maximum absolute atomic E-state index is 7.04. The Kier molecular flexibility index (Phi) is 14.7. The first-order valence-corrected chi connectivity index (χ1v) is 39.9. The number of hydrogen-bond acceptors (Lipinski definition) is 4. The number of hydrogen-bond donors (Lipinski definition) is 0. The quantitative estimate of drug-likeness (QED) is 0.121. The van der Waals surface area contributed by atoms with E-state index in [1.165, 1.54) is 92.6 Å². The Morgan fingerprint density at radius 1 is 0.147 bits per heavy atom. The van der Waals surface area contributed by atoms with Crippen LogP contribution < -0.4 is 9.80 Å². The van der Waals surface area contributed by atoms with Crippen LogP contribution in [0.2, 0.25) is 0 Å². The van der Waals surface area contributed by atoms with E-state index in [2.05, 4.69) is 422 Å². The lowest BCUT2D eigenvalue weighted by Crippen LogP contribution is -2.10. The Bertz CT molecular complexity index is 8230. The van der Waals surface area contributed by atoms with Crippen LogP contribution in [0.3, 0.4) is 0 Å². The molecule has 4 nitrogen and oxygen atoms in total. The van der Waals surface area contributed by atoms with E-state index < -0.39 is 0 Å².